The van der Waals surface area contributed by atoms with Crippen LogP contribution in [-0.2, 0) is 6.54 Å². The van der Waals surface area contributed by atoms with Gasteiger partial charge < -0.3 is 16.0 Å². The van der Waals surface area contributed by atoms with E-state index in [2.05, 4.69) is 5.32 Å². The van der Waals surface area contributed by atoms with Crippen LogP contribution in [0, 0.1) is 12.8 Å². The van der Waals surface area contributed by atoms with Crippen molar-refractivity contribution in [3.05, 3.63) is 66.6 Å². The number of hydrogen-bond donors (Lipinski definition) is 2. The number of para-hydroxylation sites is 2. The minimum atomic E-state index is 0.0696. The lowest BCUT2D eigenvalue weighted by molar-refractivity contribution is 0.180. The van der Waals surface area contributed by atoms with Crippen LogP contribution < -0.4 is 16.0 Å². The van der Waals surface area contributed by atoms with Gasteiger partial charge in [-0.25, -0.2) is 4.79 Å². The summed E-state index contributed by atoms with van der Waals surface area (Å²) in [5.41, 5.74) is 9.69. The number of nitrogens with one attached hydrogen (secondary N) is 1. The van der Waals surface area contributed by atoms with E-state index < -0.39 is 0 Å². The maximum absolute atomic E-state index is 14.1. The first kappa shape index (κ1) is 21.7. The summed E-state index contributed by atoms with van der Waals surface area (Å²) in [5.74, 6) is 0.512. The lowest BCUT2D eigenvalue weighted by atomic mass is 9.97. The highest BCUT2D eigenvalue weighted by atomic mass is 16.2. The largest absolute Gasteiger partial charge is 0.397 e. The van der Waals surface area contributed by atoms with Crippen LogP contribution in [0.2, 0.25) is 0 Å². The number of urea groups is 1. The molecule has 5 heteroatoms. The van der Waals surface area contributed by atoms with Gasteiger partial charge in [0.25, 0.3) is 0 Å². The minimum Gasteiger partial charge on any atom is -0.397 e. The van der Waals surface area contributed by atoms with Crippen molar-refractivity contribution < 1.29 is 4.79 Å². The normalized spacial score (nSPS) is 17.6. The zero-order chi connectivity index (χ0) is 21.6. The molecule has 1 aliphatic carbocycles. The molecule has 1 heterocycles. The Labute approximate surface area is 186 Å². The Hall–Kier alpha value is -2.53. The van der Waals surface area contributed by atoms with Gasteiger partial charge in [0.1, 0.15) is 0 Å². The number of nitrogens with two attached hydrogens (primary N) is 1. The van der Waals surface area contributed by atoms with E-state index in [-0.39, 0.29) is 12.1 Å². The van der Waals surface area contributed by atoms with Crippen LogP contribution in [0.25, 0.3) is 0 Å². The fourth-order valence-corrected chi connectivity index (χ4v) is 4.91. The molecule has 1 aliphatic heterocycles. The van der Waals surface area contributed by atoms with Crippen LogP contribution in [-0.4, -0.2) is 36.6 Å². The second-order valence-corrected chi connectivity index (χ2v) is 8.97. The van der Waals surface area contributed by atoms with Gasteiger partial charge in [0.2, 0.25) is 0 Å². The summed E-state index contributed by atoms with van der Waals surface area (Å²) in [7, 11) is 0. The van der Waals surface area contributed by atoms with Crippen molar-refractivity contribution >= 4 is 17.4 Å². The molecule has 31 heavy (non-hydrogen) atoms. The Balaban J connectivity index is 1.63. The number of nitrogen functional groups attached to an aromatic ring is 1. The van der Waals surface area contributed by atoms with Gasteiger partial charge in [-0.2, -0.15) is 0 Å². The van der Waals surface area contributed by atoms with Gasteiger partial charge in [-0.15, -0.1) is 0 Å². The molecule has 0 spiro atoms. The minimum absolute atomic E-state index is 0.0696. The Morgan fingerprint density at radius 1 is 1.00 bits per heavy atom. The van der Waals surface area contributed by atoms with Gasteiger partial charge in [0, 0.05) is 19.1 Å². The maximum atomic E-state index is 14.1. The van der Waals surface area contributed by atoms with Gasteiger partial charge in [-0.1, -0.05) is 49.2 Å². The van der Waals surface area contributed by atoms with Gasteiger partial charge in [-0.05, 0) is 74.9 Å². The third kappa shape index (κ3) is 5.40. The first-order chi connectivity index (χ1) is 15.1. The number of hydrogen-bond acceptors (Lipinski definition) is 3. The number of piperidine rings is 1. The highest BCUT2D eigenvalue weighted by Crippen LogP contribution is 2.33. The standard InChI is InChI=1S/C26H34N4O/c1-20-10-12-21(13-11-20)18-29(19-22-14-16-28-17-15-22)26(31)30(23-6-2-3-7-23)25-9-5-4-8-24(25)27/h1,4-5,8-13,22-23,28H,2-3,6-7,14-19,27H2. The van der Waals surface area contributed by atoms with Crippen LogP contribution in [0.15, 0.2) is 48.5 Å². The molecule has 4 rings (SSSR count). The predicted molar refractivity (Wildman–Crippen MR) is 127 cm³/mol. The molecule has 3 N–H and O–H groups in total. The second-order valence-electron chi connectivity index (χ2n) is 8.97. The van der Waals surface area contributed by atoms with E-state index in [0.29, 0.717) is 18.2 Å². The lowest BCUT2D eigenvalue weighted by Crippen LogP contribution is -2.49. The molecule has 0 atom stereocenters. The number of amides is 2. The third-order valence-electron chi connectivity index (χ3n) is 6.65. The summed E-state index contributed by atoms with van der Waals surface area (Å²) in [4.78, 5) is 18.1. The molecule has 2 aromatic carbocycles. The van der Waals surface area contributed by atoms with E-state index in [1.165, 1.54) is 0 Å². The lowest BCUT2D eigenvalue weighted by Gasteiger charge is -2.37. The molecule has 0 aromatic heterocycles. The number of anilines is 2. The molecule has 2 amide bonds. The number of benzene rings is 2. The molecule has 5 nitrogen and oxygen atoms in total. The van der Waals surface area contributed by atoms with Crippen molar-refractivity contribution in [1.82, 2.24) is 10.2 Å². The fourth-order valence-electron chi connectivity index (χ4n) is 4.91. The molecular weight excluding hydrogens is 384 g/mol. The number of carbonyl (C=O) groups is 1. The quantitative estimate of drug-likeness (QED) is 0.669. The van der Waals surface area contributed by atoms with Gasteiger partial charge in [-0.3, -0.25) is 4.90 Å². The first-order valence-electron chi connectivity index (χ1n) is 11.6. The monoisotopic (exact) mass is 418 g/mol. The van der Waals surface area contributed by atoms with E-state index in [4.69, 9.17) is 12.7 Å². The van der Waals surface area contributed by atoms with Crippen molar-refractivity contribution in [3.8, 4) is 0 Å². The molecular formula is C26H34N4O. The fraction of sp³-hybridized carbons (Fsp3) is 0.462. The predicted octanol–water partition coefficient (Wildman–Crippen LogP) is 4.70. The van der Waals surface area contributed by atoms with Gasteiger partial charge in [0.05, 0.1) is 11.4 Å². The Morgan fingerprint density at radius 2 is 1.68 bits per heavy atom. The SMILES string of the molecule is [CH]c1ccc(CN(CC2CCNCC2)C(=O)N(c2ccccc2N)C2CCCC2)cc1. The van der Waals surface area contributed by atoms with E-state index in [1.807, 2.05) is 58.3 Å². The van der Waals surface area contributed by atoms with Crippen LogP contribution in [0.5, 0.6) is 0 Å². The van der Waals surface area contributed by atoms with Crippen molar-refractivity contribution in [2.75, 3.05) is 30.3 Å². The summed E-state index contributed by atoms with van der Waals surface area (Å²) in [6.45, 7) is 9.27. The van der Waals surface area contributed by atoms with E-state index in [1.54, 1.807) is 0 Å². The highest BCUT2D eigenvalue weighted by Gasteiger charge is 2.33. The smallest absolute Gasteiger partial charge is 0.325 e. The Morgan fingerprint density at radius 3 is 2.35 bits per heavy atom. The van der Waals surface area contributed by atoms with E-state index >= 15 is 0 Å². The van der Waals surface area contributed by atoms with Crippen molar-refractivity contribution in [2.45, 2.75) is 51.1 Å². The second kappa shape index (κ2) is 10.2. The van der Waals surface area contributed by atoms with Crippen LogP contribution in [0.4, 0.5) is 16.2 Å². The van der Waals surface area contributed by atoms with E-state index in [9.17, 15) is 4.79 Å². The summed E-state index contributed by atoms with van der Waals surface area (Å²) in [6.07, 6.45) is 6.58. The summed E-state index contributed by atoms with van der Waals surface area (Å²) in [5, 5.41) is 3.43. The molecule has 2 radical (unpaired) electrons. The summed E-state index contributed by atoms with van der Waals surface area (Å²) in [6, 6.07) is 15.9. The maximum Gasteiger partial charge on any atom is 0.325 e. The molecule has 164 valence electrons. The average Bonchev–Trinajstić information content (AvgIpc) is 3.31. The van der Waals surface area contributed by atoms with E-state index in [0.717, 1.165) is 75.0 Å². The number of nitrogens with zero attached hydrogens (tertiary/aromatic N) is 2. The Bertz CT molecular complexity index is 854. The molecule has 1 saturated heterocycles. The molecule has 2 aliphatic rings. The van der Waals surface area contributed by atoms with Crippen LogP contribution >= 0.6 is 0 Å². The van der Waals surface area contributed by atoms with Gasteiger partial charge in [0.15, 0.2) is 0 Å². The third-order valence-corrected chi connectivity index (χ3v) is 6.65. The summed E-state index contributed by atoms with van der Waals surface area (Å²) < 4.78 is 0. The number of carbonyl (C=O) groups excluding carboxylic acids is 1. The molecule has 0 bridgehead atoms. The highest BCUT2D eigenvalue weighted by molar-refractivity contribution is 5.95. The number of rotatable bonds is 6. The van der Waals surface area contributed by atoms with Crippen LogP contribution in [0.1, 0.15) is 49.7 Å². The Kier molecular flexibility index (Phi) is 7.13. The van der Waals surface area contributed by atoms with Crippen molar-refractivity contribution in [2.24, 2.45) is 5.92 Å². The topological polar surface area (TPSA) is 61.6 Å². The first-order valence-corrected chi connectivity index (χ1v) is 11.6. The molecule has 1 saturated carbocycles. The average molecular weight is 419 g/mol. The van der Waals surface area contributed by atoms with Crippen molar-refractivity contribution in [1.29, 1.82) is 0 Å². The zero-order valence-corrected chi connectivity index (χ0v) is 18.3. The zero-order valence-electron chi connectivity index (χ0n) is 18.3. The molecule has 2 aromatic rings. The van der Waals surface area contributed by atoms with Crippen molar-refractivity contribution in [3.63, 3.8) is 0 Å². The van der Waals surface area contributed by atoms with Crippen LogP contribution in [0.3, 0.4) is 0 Å². The molecule has 2 fully saturated rings. The summed E-state index contributed by atoms with van der Waals surface area (Å²) >= 11 is 0. The van der Waals surface area contributed by atoms with Gasteiger partial charge >= 0.3 is 6.03 Å². The molecule has 0 unspecified atom stereocenters.